The fourth-order valence-electron chi connectivity index (χ4n) is 2.86. The molecule has 1 aromatic carbocycles. The van der Waals surface area contributed by atoms with Crippen LogP contribution in [-0.2, 0) is 6.42 Å². The van der Waals surface area contributed by atoms with Gasteiger partial charge >= 0.3 is 0 Å². The van der Waals surface area contributed by atoms with Gasteiger partial charge in [-0.3, -0.25) is 4.99 Å². The maximum atomic E-state index is 13.0. The molecule has 0 unspecified atom stereocenters. The van der Waals surface area contributed by atoms with E-state index in [1.54, 1.807) is 16.8 Å². The van der Waals surface area contributed by atoms with E-state index in [1.165, 1.54) is 25.0 Å². The molecule has 5 nitrogen and oxygen atoms in total. The summed E-state index contributed by atoms with van der Waals surface area (Å²) in [7, 11) is 0. The number of hydrogen-bond donors (Lipinski definition) is 1. The van der Waals surface area contributed by atoms with Gasteiger partial charge in [0.15, 0.2) is 5.96 Å². The molecule has 2 aromatic rings. The topological polar surface area (TPSA) is 59.4 Å². The second-order valence-corrected chi connectivity index (χ2v) is 6.39. The van der Waals surface area contributed by atoms with Crippen molar-refractivity contribution in [1.29, 1.82) is 0 Å². The molecule has 0 atom stereocenters. The summed E-state index contributed by atoms with van der Waals surface area (Å²) in [6.07, 6.45) is 4.97. The lowest BCUT2D eigenvalue weighted by Gasteiger charge is -2.31. The first-order chi connectivity index (χ1) is 11.6. The lowest BCUT2D eigenvalue weighted by atomic mass is 10.00. The van der Waals surface area contributed by atoms with Crippen molar-refractivity contribution in [3.8, 4) is 5.69 Å². The first-order valence-electron chi connectivity index (χ1n) is 8.47. The zero-order valence-corrected chi connectivity index (χ0v) is 16.8. The molecule has 0 bridgehead atoms. The van der Waals surface area contributed by atoms with E-state index in [9.17, 15) is 4.39 Å². The molecule has 3 rings (SSSR count). The summed E-state index contributed by atoms with van der Waals surface area (Å²) in [5, 5.41) is 4.50. The van der Waals surface area contributed by atoms with Crippen LogP contribution in [0, 0.1) is 11.7 Å². The van der Waals surface area contributed by atoms with Crippen LogP contribution >= 0.6 is 24.0 Å². The fourth-order valence-corrected chi connectivity index (χ4v) is 2.86. The number of halogens is 2. The summed E-state index contributed by atoms with van der Waals surface area (Å²) in [5.74, 6) is 1.17. The Morgan fingerprint density at radius 2 is 1.92 bits per heavy atom. The van der Waals surface area contributed by atoms with Crippen molar-refractivity contribution in [2.75, 3.05) is 19.6 Å². The number of hydrogen-bond acceptors (Lipinski definition) is 2. The Hall–Kier alpha value is -1.64. The predicted molar refractivity (Wildman–Crippen MR) is 109 cm³/mol. The Morgan fingerprint density at radius 1 is 1.24 bits per heavy atom. The van der Waals surface area contributed by atoms with Crippen LogP contribution < -0.4 is 5.73 Å². The predicted octanol–water partition coefficient (Wildman–Crippen LogP) is 3.22. The van der Waals surface area contributed by atoms with Crippen LogP contribution in [0.3, 0.4) is 0 Å². The van der Waals surface area contributed by atoms with E-state index < -0.39 is 0 Å². The Kier molecular flexibility index (Phi) is 7.22. The number of aliphatic imine (C=N–C) groups is 1. The van der Waals surface area contributed by atoms with Gasteiger partial charge in [-0.1, -0.05) is 6.92 Å². The lowest BCUT2D eigenvalue weighted by Crippen LogP contribution is -2.42. The van der Waals surface area contributed by atoms with Gasteiger partial charge in [-0.05, 0) is 49.1 Å². The molecule has 2 N–H and O–H groups in total. The summed E-state index contributed by atoms with van der Waals surface area (Å²) in [6.45, 7) is 4.89. The van der Waals surface area contributed by atoms with Gasteiger partial charge in [-0.15, -0.1) is 24.0 Å². The summed E-state index contributed by atoms with van der Waals surface area (Å²) in [5.41, 5.74) is 7.87. The molecule has 1 aliphatic rings. The van der Waals surface area contributed by atoms with Gasteiger partial charge in [0.25, 0.3) is 0 Å². The molecular weight excluding hydrogens is 432 g/mol. The Labute approximate surface area is 165 Å². The molecule has 0 aliphatic carbocycles. The minimum absolute atomic E-state index is 0. The molecule has 1 fully saturated rings. The van der Waals surface area contributed by atoms with Crippen LogP contribution in [0.1, 0.15) is 25.5 Å². The van der Waals surface area contributed by atoms with Crippen LogP contribution in [0.2, 0.25) is 0 Å². The zero-order valence-electron chi connectivity index (χ0n) is 14.4. The highest BCUT2D eigenvalue weighted by atomic mass is 127. The molecule has 1 aliphatic heterocycles. The Bertz CT molecular complexity index is 690. The highest BCUT2D eigenvalue weighted by molar-refractivity contribution is 14.0. The van der Waals surface area contributed by atoms with Crippen LogP contribution in [0.5, 0.6) is 0 Å². The summed E-state index contributed by atoms with van der Waals surface area (Å²) in [4.78, 5) is 6.65. The largest absolute Gasteiger partial charge is 0.370 e. The molecule has 136 valence electrons. The third-order valence-corrected chi connectivity index (χ3v) is 4.48. The van der Waals surface area contributed by atoms with Gasteiger partial charge in [-0.2, -0.15) is 5.10 Å². The highest BCUT2D eigenvalue weighted by Crippen LogP contribution is 2.15. The smallest absolute Gasteiger partial charge is 0.191 e. The second-order valence-electron chi connectivity index (χ2n) is 6.39. The molecule has 0 radical (unpaired) electrons. The maximum Gasteiger partial charge on any atom is 0.191 e. The first kappa shape index (κ1) is 19.7. The fraction of sp³-hybridized carbons (Fsp3) is 0.444. The maximum absolute atomic E-state index is 13.0. The van der Waals surface area contributed by atoms with Crippen molar-refractivity contribution >= 4 is 29.9 Å². The highest BCUT2D eigenvalue weighted by Gasteiger charge is 2.16. The van der Waals surface area contributed by atoms with Crippen LogP contribution in [-0.4, -0.2) is 40.3 Å². The van der Waals surface area contributed by atoms with Gasteiger partial charge in [0.1, 0.15) is 5.82 Å². The normalized spacial score (nSPS) is 15.9. The molecule has 0 saturated carbocycles. The number of nitrogens with zero attached hydrogens (tertiary/aromatic N) is 4. The van der Waals surface area contributed by atoms with Crippen molar-refractivity contribution < 1.29 is 4.39 Å². The summed E-state index contributed by atoms with van der Waals surface area (Å²) in [6, 6.07) is 8.24. The number of rotatable bonds is 4. The molecule has 0 amide bonds. The van der Waals surface area contributed by atoms with Gasteiger partial charge < -0.3 is 10.6 Å². The van der Waals surface area contributed by atoms with E-state index in [0.717, 1.165) is 36.8 Å². The quantitative estimate of drug-likeness (QED) is 0.436. The second kappa shape index (κ2) is 9.17. The molecule has 2 heterocycles. The summed E-state index contributed by atoms with van der Waals surface area (Å²) < 4.78 is 14.7. The minimum Gasteiger partial charge on any atom is -0.370 e. The lowest BCUT2D eigenvalue weighted by molar-refractivity contribution is 0.277. The van der Waals surface area contributed by atoms with E-state index in [2.05, 4.69) is 21.9 Å². The van der Waals surface area contributed by atoms with Crippen LogP contribution in [0.4, 0.5) is 4.39 Å². The third kappa shape index (κ3) is 5.42. The average molecular weight is 457 g/mol. The van der Waals surface area contributed by atoms with Crippen molar-refractivity contribution in [3.05, 3.63) is 48.0 Å². The molecule has 0 spiro atoms. The SMILES string of the molecule is CC1CCN(C(N)=NCCc2ccn(-c3ccc(F)cc3)n2)CC1.I. The average Bonchev–Trinajstić information content (AvgIpc) is 3.05. The van der Waals surface area contributed by atoms with Crippen LogP contribution in [0.15, 0.2) is 41.5 Å². The number of guanidine groups is 1. The first-order valence-corrected chi connectivity index (χ1v) is 8.47. The Morgan fingerprint density at radius 3 is 2.60 bits per heavy atom. The number of aromatic nitrogens is 2. The number of piperidine rings is 1. The van der Waals surface area contributed by atoms with Crippen molar-refractivity contribution in [2.45, 2.75) is 26.2 Å². The third-order valence-electron chi connectivity index (χ3n) is 4.48. The van der Waals surface area contributed by atoms with Crippen molar-refractivity contribution in [2.24, 2.45) is 16.6 Å². The summed E-state index contributed by atoms with van der Waals surface area (Å²) >= 11 is 0. The molecular formula is C18H25FIN5. The van der Waals surface area contributed by atoms with Gasteiger partial charge in [0.05, 0.1) is 11.4 Å². The van der Waals surface area contributed by atoms with E-state index in [-0.39, 0.29) is 29.8 Å². The van der Waals surface area contributed by atoms with E-state index in [0.29, 0.717) is 12.5 Å². The molecule has 1 aromatic heterocycles. The molecule has 1 saturated heterocycles. The number of benzene rings is 1. The molecule has 25 heavy (non-hydrogen) atoms. The van der Waals surface area contributed by atoms with Crippen molar-refractivity contribution in [3.63, 3.8) is 0 Å². The van der Waals surface area contributed by atoms with E-state index in [4.69, 9.17) is 5.73 Å². The number of nitrogens with two attached hydrogens (primary N) is 1. The van der Waals surface area contributed by atoms with Gasteiger partial charge in [-0.25, -0.2) is 9.07 Å². The number of likely N-dealkylation sites (tertiary alicyclic amines) is 1. The monoisotopic (exact) mass is 457 g/mol. The molecule has 7 heteroatoms. The van der Waals surface area contributed by atoms with Crippen LogP contribution in [0.25, 0.3) is 5.69 Å². The van der Waals surface area contributed by atoms with E-state index >= 15 is 0 Å². The zero-order chi connectivity index (χ0) is 16.9. The minimum atomic E-state index is -0.247. The van der Waals surface area contributed by atoms with Crippen molar-refractivity contribution in [1.82, 2.24) is 14.7 Å². The van der Waals surface area contributed by atoms with Gasteiger partial charge in [0, 0.05) is 32.3 Å². The van der Waals surface area contributed by atoms with Gasteiger partial charge in [0.2, 0.25) is 0 Å². The standard InChI is InChI=1S/C18H24FN5.HI/c1-14-7-11-23(12-8-14)18(20)21-10-6-16-9-13-24(22-16)17-4-2-15(19)3-5-17;/h2-5,9,13-14H,6-8,10-12H2,1H3,(H2,20,21);1H. The van der Waals surface area contributed by atoms with E-state index in [1.807, 2.05) is 12.3 Å². The Balaban J connectivity index is 0.00000225.